The highest BCUT2D eigenvalue weighted by Gasteiger charge is 2.25. The molecule has 0 aromatic heterocycles. The summed E-state index contributed by atoms with van der Waals surface area (Å²) in [4.78, 5) is 11.7. The summed E-state index contributed by atoms with van der Waals surface area (Å²) in [6.07, 6.45) is -0.605. The molecule has 0 bridgehead atoms. The van der Waals surface area contributed by atoms with Crippen molar-refractivity contribution in [1.29, 1.82) is 0 Å². The fourth-order valence-corrected chi connectivity index (χ4v) is 3.71. The van der Waals surface area contributed by atoms with Gasteiger partial charge in [0.15, 0.2) is 6.10 Å². The SMILES string of the molecule is COc1ccc(OC)c(S(=O)(=O)Nc2ccc3c(c2)NC(=O)C(C)O3)c1. The van der Waals surface area contributed by atoms with E-state index in [9.17, 15) is 13.2 Å². The third-order valence-electron chi connectivity index (χ3n) is 3.82. The molecule has 1 heterocycles. The molecule has 2 aromatic carbocycles. The number of hydrogen-bond donors (Lipinski definition) is 2. The van der Waals surface area contributed by atoms with Crippen molar-refractivity contribution in [2.45, 2.75) is 17.9 Å². The summed E-state index contributed by atoms with van der Waals surface area (Å²) >= 11 is 0. The van der Waals surface area contributed by atoms with Crippen molar-refractivity contribution in [3.05, 3.63) is 36.4 Å². The van der Waals surface area contributed by atoms with Crippen LogP contribution >= 0.6 is 0 Å². The number of ether oxygens (including phenoxy) is 3. The molecule has 0 fully saturated rings. The van der Waals surface area contributed by atoms with Gasteiger partial charge in [-0.1, -0.05) is 0 Å². The smallest absolute Gasteiger partial charge is 0.265 e. The van der Waals surface area contributed by atoms with Crippen LogP contribution in [0, 0.1) is 0 Å². The highest BCUT2D eigenvalue weighted by atomic mass is 32.2. The van der Waals surface area contributed by atoms with E-state index in [4.69, 9.17) is 14.2 Å². The maximum atomic E-state index is 12.8. The first kappa shape index (κ1) is 17.9. The third kappa shape index (κ3) is 3.38. The van der Waals surface area contributed by atoms with Gasteiger partial charge in [-0.2, -0.15) is 0 Å². The normalized spacial score (nSPS) is 16.1. The van der Waals surface area contributed by atoms with E-state index in [2.05, 4.69) is 10.0 Å². The van der Waals surface area contributed by atoms with Crippen molar-refractivity contribution in [2.75, 3.05) is 24.3 Å². The van der Waals surface area contributed by atoms with Gasteiger partial charge in [0.2, 0.25) is 0 Å². The van der Waals surface area contributed by atoms with Gasteiger partial charge < -0.3 is 19.5 Å². The third-order valence-corrected chi connectivity index (χ3v) is 5.23. The molecule has 8 nitrogen and oxygen atoms in total. The Balaban J connectivity index is 1.94. The Morgan fingerprint density at radius 2 is 1.88 bits per heavy atom. The first-order valence-electron chi connectivity index (χ1n) is 7.70. The molecule has 2 N–H and O–H groups in total. The van der Waals surface area contributed by atoms with E-state index in [1.165, 1.54) is 32.4 Å². The molecule has 1 aliphatic heterocycles. The summed E-state index contributed by atoms with van der Waals surface area (Å²) < 4.78 is 43.7. The maximum absolute atomic E-state index is 12.8. The number of sulfonamides is 1. The molecule has 0 spiro atoms. The van der Waals surface area contributed by atoms with Crippen LogP contribution in [0.1, 0.15) is 6.92 Å². The number of nitrogens with one attached hydrogen (secondary N) is 2. The van der Waals surface area contributed by atoms with Gasteiger partial charge in [-0.25, -0.2) is 8.42 Å². The van der Waals surface area contributed by atoms with Crippen LogP contribution < -0.4 is 24.2 Å². The fraction of sp³-hybridized carbons (Fsp3) is 0.235. The molecule has 0 saturated carbocycles. The Kier molecular flexibility index (Phi) is 4.64. The predicted molar refractivity (Wildman–Crippen MR) is 95.5 cm³/mol. The molecule has 0 radical (unpaired) electrons. The number of benzene rings is 2. The van der Waals surface area contributed by atoms with Gasteiger partial charge in [-0.3, -0.25) is 9.52 Å². The summed E-state index contributed by atoms with van der Waals surface area (Å²) in [5.41, 5.74) is 0.665. The van der Waals surface area contributed by atoms with Gasteiger partial charge >= 0.3 is 0 Å². The first-order valence-corrected chi connectivity index (χ1v) is 9.19. The van der Waals surface area contributed by atoms with Crippen molar-refractivity contribution in [2.24, 2.45) is 0 Å². The van der Waals surface area contributed by atoms with Crippen molar-refractivity contribution in [1.82, 2.24) is 0 Å². The summed E-state index contributed by atoms with van der Waals surface area (Å²) in [5, 5.41) is 2.67. The Hall–Kier alpha value is -2.94. The molecule has 1 amide bonds. The minimum absolute atomic E-state index is 0.0639. The van der Waals surface area contributed by atoms with Gasteiger partial charge in [0.05, 0.1) is 25.6 Å². The van der Waals surface area contributed by atoms with E-state index in [1.807, 2.05) is 0 Å². The largest absolute Gasteiger partial charge is 0.497 e. The summed E-state index contributed by atoms with van der Waals surface area (Å²) in [6, 6.07) is 9.11. The van der Waals surface area contributed by atoms with Crippen LogP contribution in [-0.4, -0.2) is 34.6 Å². The fourth-order valence-electron chi connectivity index (χ4n) is 2.48. The van der Waals surface area contributed by atoms with E-state index < -0.39 is 16.1 Å². The topological polar surface area (TPSA) is 103 Å². The molecule has 0 aliphatic carbocycles. The van der Waals surface area contributed by atoms with Gasteiger partial charge in [0.25, 0.3) is 15.9 Å². The molecule has 9 heteroatoms. The molecule has 26 heavy (non-hydrogen) atoms. The Labute approximate surface area is 151 Å². The van der Waals surface area contributed by atoms with E-state index in [0.29, 0.717) is 17.2 Å². The average molecular weight is 378 g/mol. The first-order chi connectivity index (χ1) is 12.3. The number of carbonyl (C=O) groups excluding carboxylic acids is 1. The molecule has 0 saturated heterocycles. The van der Waals surface area contributed by atoms with Crippen molar-refractivity contribution >= 4 is 27.3 Å². The van der Waals surface area contributed by atoms with Crippen LogP contribution in [0.15, 0.2) is 41.3 Å². The van der Waals surface area contributed by atoms with Gasteiger partial charge in [-0.15, -0.1) is 0 Å². The minimum atomic E-state index is -3.95. The van der Waals surface area contributed by atoms with E-state index in [1.54, 1.807) is 25.1 Å². The van der Waals surface area contributed by atoms with Crippen LogP contribution in [0.25, 0.3) is 0 Å². The second-order valence-electron chi connectivity index (χ2n) is 5.58. The second-order valence-corrected chi connectivity index (χ2v) is 7.23. The Morgan fingerprint density at radius 3 is 2.58 bits per heavy atom. The molecular formula is C17H18N2O6S. The van der Waals surface area contributed by atoms with Gasteiger partial charge in [0.1, 0.15) is 22.1 Å². The molecule has 1 unspecified atom stereocenters. The van der Waals surface area contributed by atoms with Crippen molar-refractivity contribution in [3.8, 4) is 17.2 Å². The highest BCUT2D eigenvalue weighted by molar-refractivity contribution is 7.92. The zero-order chi connectivity index (χ0) is 18.9. The summed E-state index contributed by atoms with van der Waals surface area (Å²) in [6.45, 7) is 1.63. The molecule has 3 rings (SSSR count). The van der Waals surface area contributed by atoms with Crippen LogP contribution in [-0.2, 0) is 14.8 Å². The van der Waals surface area contributed by atoms with Crippen LogP contribution in [0.5, 0.6) is 17.2 Å². The quantitative estimate of drug-likeness (QED) is 0.827. The number of hydrogen-bond acceptors (Lipinski definition) is 6. The Morgan fingerprint density at radius 1 is 1.12 bits per heavy atom. The predicted octanol–water partition coefficient (Wildman–Crippen LogP) is 2.22. The monoisotopic (exact) mass is 378 g/mol. The summed E-state index contributed by atoms with van der Waals surface area (Å²) in [7, 11) is -1.12. The number of carbonyl (C=O) groups is 1. The number of anilines is 2. The second kappa shape index (κ2) is 6.75. The molecule has 1 aliphatic rings. The highest BCUT2D eigenvalue weighted by Crippen LogP contribution is 2.34. The van der Waals surface area contributed by atoms with Crippen molar-refractivity contribution in [3.63, 3.8) is 0 Å². The average Bonchev–Trinajstić information content (AvgIpc) is 2.62. The summed E-state index contributed by atoms with van der Waals surface area (Å²) in [5.74, 6) is 0.735. The van der Waals surface area contributed by atoms with E-state index >= 15 is 0 Å². The number of methoxy groups -OCH3 is 2. The lowest BCUT2D eigenvalue weighted by Gasteiger charge is -2.23. The lowest BCUT2D eigenvalue weighted by Crippen LogP contribution is -2.34. The lowest BCUT2D eigenvalue weighted by atomic mass is 10.2. The zero-order valence-corrected chi connectivity index (χ0v) is 15.2. The zero-order valence-electron chi connectivity index (χ0n) is 14.4. The van der Waals surface area contributed by atoms with Gasteiger partial charge in [-0.05, 0) is 37.3 Å². The molecule has 138 valence electrons. The number of rotatable bonds is 5. The van der Waals surface area contributed by atoms with Gasteiger partial charge in [0, 0.05) is 6.07 Å². The number of fused-ring (bicyclic) bond motifs is 1. The number of amides is 1. The van der Waals surface area contributed by atoms with Crippen LogP contribution in [0.2, 0.25) is 0 Å². The molecule has 1 atom stereocenters. The maximum Gasteiger partial charge on any atom is 0.265 e. The van der Waals surface area contributed by atoms with E-state index in [-0.39, 0.29) is 22.2 Å². The van der Waals surface area contributed by atoms with Crippen molar-refractivity contribution < 1.29 is 27.4 Å². The lowest BCUT2D eigenvalue weighted by molar-refractivity contribution is -0.122. The van der Waals surface area contributed by atoms with Crippen LogP contribution in [0.3, 0.4) is 0 Å². The standard InChI is InChI=1S/C17H18N2O6S/c1-10-17(20)18-13-8-11(4-6-14(13)25-10)19-26(21,22)16-9-12(23-2)5-7-15(16)24-3/h4-10,19H,1-3H3,(H,18,20). The molecule has 2 aromatic rings. The van der Waals surface area contributed by atoms with Crippen LogP contribution in [0.4, 0.5) is 11.4 Å². The van der Waals surface area contributed by atoms with E-state index in [0.717, 1.165) is 0 Å². The Bertz CT molecular complexity index is 958. The molecular weight excluding hydrogens is 360 g/mol. The minimum Gasteiger partial charge on any atom is -0.497 e.